The second-order valence-electron chi connectivity index (χ2n) is 10.8. The number of hydrogen-bond acceptors (Lipinski definition) is 3. The van der Waals surface area contributed by atoms with E-state index in [4.69, 9.17) is 12.6 Å². The molecule has 0 radical (unpaired) electrons. The van der Waals surface area contributed by atoms with E-state index in [0.717, 1.165) is 0 Å². The molecule has 34 heavy (non-hydrogen) atoms. The van der Waals surface area contributed by atoms with Crippen LogP contribution >= 0.6 is 8.60 Å². The van der Waals surface area contributed by atoms with Gasteiger partial charge in [0.2, 0.25) is 25.0 Å². The molecule has 0 heterocycles. The molecule has 3 nitrogen and oxygen atoms in total. The van der Waals surface area contributed by atoms with Gasteiger partial charge in [0.15, 0.2) is 0 Å². The lowest BCUT2D eigenvalue weighted by atomic mass is 10.6. The van der Waals surface area contributed by atoms with Crippen molar-refractivity contribution in [3.8, 4) is 0 Å². The molecule has 0 saturated carbocycles. The topological polar surface area (TPSA) is 27.7 Å². The lowest BCUT2D eigenvalue weighted by Crippen LogP contribution is -2.43. The van der Waals surface area contributed by atoms with E-state index in [1.54, 1.807) is 0 Å². The van der Waals surface area contributed by atoms with E-state index in [-0.39, 0.29) is 0 Å². The Labute approximate surface area is 220 Å². The molecule has 0 rings (SSSR count). The molecule has 206 valence electrons. The zero-order valence-electron chi connectivity index (χ0n) is 24.9. The van der Waals surface area contributed by atoms with E-state index in [2.05, 4.69) is 62.3 Å². The highest BCUT2D eigenvalue weighted by atomic mass is 31.2. The monoisotopic (exact) mass is 550 g/mol. The van der Waals surface area contributed by atoms with Gasteiger partial charge in [-0.2, -0.15) is 0 Å². The fraction of sp³-hybridized carbons (Fsp3) is 1.00. The van der Waals surface area contributed by atoms with Crippen LogP contribution in [-0.4, -0.2) is 25.0 Å². The van der Waals surface area contributed by atoms with Crippen molar-refractivity contribution in [3.63, 3.8) is 0 Å². The van der Waals surface area contributed by atoms with Crippen molar-refractivity contribution >= 4 is 33.6 Å². The lowest BCUT2D eigenvalue weighted by molar-refractivity contribution is 0.358. The second-order valence-corrected chi connectivity index (χ2v) is 25.0. The average molecular weight is 551 g/mol. The van der Waals surface area contributed by atoms with Crippen LogP contribution in [0.1, 0.15) is 120 Å². The van der Waals surface area contributed by atoms with Crippen molar-refractivity contribution in [2.75, 3.05) is 0 Å². The van der Waals surface area contributed by atoms with Crippen molar-refractivity contribution in [3.05, 3.63) is 0 Å². The first-order valence-electron chi connectivity index (χ1n) is 15.2. The first kappa shape index (κ1) is 35.0. The summed E-state index contributed by atoms with van der Waals surface area (Å²) < 4.78 is 22.1. The summed E-state index contributed by atoms with van der Waals surface area (Å²) >= 11 is 0. The maximum atomic E-state index is 7.38. The first-order valence-corrected chi connectivity index (χ1v) is 23.9. The summed E-state index contributed by atoms with van der Waals surface area (Å²) in [7, 11) is -6.86. The van der Waals surface area contributed by atoms with Gasteiger partial charge in [-0.05, 0) is 54.4 Å². The lowest BCUT2D eigenvalue weighted by Gasteiger charge is -2.42. The van der Waals surface area contributed by atoms with Gasteiger partial charge in [0.25, 0.3) is 8.60 Å². The van der Waals surface area contributed by atoms with Crippen molar-refractivity contribution < 1.29 is 12.6 Å². The molecule has 0 N–H and O–H groups in total. The Hall–Kier alpha value is 0.961. The van der Waals surface area contributed by atoms with Crippen LogP contribution in [0.4, 0.5) is 0 Å². The Bertz CT molecular complexity index is 364. The molecule has 0 unspecified atom stereocenters. The molecule has 0 aliphatic carbocycles. The van der Waals surface area contributed by atoms with Crippen LogP contribution in [0.2, 0.25) is 54.4 Å². The molecular weight excluding hydrogens is 488 g/mol. The zero-order chi connectivity index (χ0) is 25.9. The average Bonchev–Trinajstić information content (AvgIpc) is 2.75. The van der Waals surface area contributed by atoms with Crippen LogP contribution in [-0.2, 0) is 12.6 Å². The summed E-state index contributed by atoms with van der Waals surface area (Å²) in [5.74, 6) is 0. The minimum Gasteiger partial charge on any atom is -0.355 e. The molecule has 7 heteroatoms. The third kappa shape index (κ3) is 12.5. The predicted molar refractivity (Wildman–Crippen MR) is 163 cm³/mol. The Morgan fingerprint density at radius 3 is 0.588 bits per heavy atom. The molecule has 0 aliphatic rings. The third-order valence-corrected chi connectivity index (χ3v) is 26.3. The molecule has 0 aromatic rings. The maximum absolute atomic E-state index is 7.38. The van der Waals surface area contributed by atoms with Crippen molar-refractivity contribution in [1.82, 2.24) is 0 Å². The SMILES string of the molecule is CCC[Si](CCC)(CCC)OP(O[Si](CCC)(CCC)CCC)O[Si](CCC)(CCC)CCC. The van der Waals surface area contributed by atoms with Gasteiger partial charge < -0.3 is 12.6 Å². The molecule has 0 aromatic carbocycles. The molecule has 0 spiro atoms. The van der Waals surface area contributed by atoms with E-state index in [0.29, 0.717) is 0 Å². The van der Waals surface area contributed by atoms with Gasteiger partial charge in [0, 0.05) is 0 Å². The van der Waals surface area contributed by atoms with E-state index < -0.39 is 33.6 Å². The molecule has 0 amide bonds. The van der Waals surface area contributed by atoms with Crippen LogP contribution in [0.25, 0.3) is 0 Å². The third-order valence-electron chi connectivity index (χ3n) is 7.16. The van der Waals surface area contributed by atoms with Crippen LogP contribution in [0.5, 0.6) is 0 Å². The van der Waals surface area contributed by atoms with Crippen molar-refractivity contribution in [2.24, 2.45) is 0 Å². The summed E-state index contributed by atoms with van der Waals surface area (Å²) in [5.41, 5.74) is 0. The second kappa shape index (κ2) is 20.0. The molecule has 0 aliphatic heterocycles. The van der Waals surface area contributed by atoms with Crippen LogP contribution < -0.4 is 0 Å². The van der Waals surface area contributed by atoms with Crippen LogP contribution in [0.3, 0.4) is 0 Å². The van der Waals surface area contributed by atoms with Gasteiger partial charge in [-0.3, -0.25) is 0 Å². The standard InChI is InChI=1S/C27H63O3PSi3/c1-10-19-32(20-11-2,21-12-3)28-31(29-33(22-13-4,23-14-5)24-15-6)30-34(25-16-7,26-17-8)27-18-9/h10-27H2,1-9H3. The number of rotatable bonds is 24. The highest BCUT2D eigenvalue weighted by Gasteiger charge is 2.45. The Morgan fingerprint density at radius 1 is 0.324 bits per heavy atom. The minimum atomic E-state index is -1.87. The van der Waals surface area contributed by atoms with Crippen molar-refractivity contribution in [2.45, 2.75) is 174 Å². The predicted octanol–water partition coefficient (Wildman–Crippen LogP) is 11.8. The minimum absolute atomic E-state index is 1.22. The zero-order valence-corrected chi connectivity index (χ0v) is 28.8. The van der Waals surface area contributed by atoms with Gasteiger partial charge in [-0.1, -0.05) is 120 Å². The van der Waals surface area contributed by atoms with Gasteiger partial charge in [-0.15, -0.1) is 0 Å². The molecule has 0 atom stereocenters. The van der Waals surface area contributed by atoms with Gasteiger partial charge in [0.05, 0.1) is 0 Å². The molecule has 0 aromatic heterocycles. The van der Waals surface area contributed by atoms with Crippen LogP contribution in [0, 0.1) is 0 Å². The highest BCUT2D eigenvalue weighted by molar-refractivity contribution is 7.47. The Balaban J connectivity index is 6.41. The largest absolute Gasteiger partial charge is 0.355 e. The molecule has 0 fully saturated rings. The van der Waals surface area contributed by atoms with Crippen LogP contribution in [0.15, 0.2) is 0 Å². The smallest absolute Gasteiger partial charge is 0.300 e. The Morgan fingerprint density at radius 2 is 0.471 bits per heavy atom. The van der Waals surface area contributed by atoms with E-state index in [1.165, 1.54) is 112 Å². The van der Waals surface area contributed by atoms with E-state index >= 15 is 0 Å². The summed E-state index contributed by atoms with van der Waals surface area (Å²) in [6.07, 6.45) is 11.0. The highest BCUT2D eigenvalue weighted by Crippen LogP contribution is 2.55. The van der Waals surface area contributed by atoms with E-state index in [9.17, 15) is 0 Å². The molecule has 0 bridgehead atoms. The summed E-state index contributed by atoms with van der Waals surface area (Å²) in [5, 5.41) is 0. The van der Waals surface area contributed by atoms with Crippen molar-refractivity contribution in [1.29, 1.82) is 0 Å². The fourth-order valence-electron chi connectivity index (χ4n) is 6.17. The van der Waals surface area contributed by atoms with Gasteiger partial charge >= 0.3 is 0 Å². The summed E-state index contributed by atoms with van der Waals surface area (Å²) in [6.45, 7) is 21.1. The summed E-state index contributed by atoms with van der Waals surface area (Å²) in [4.78, 5) is 0. The quantitative estimate of drug-likeness (QED) is 0.0883. The molecule has 0 saturated heterocycles. The first-order chi connectivity index (χ1) is 16.3. The molecular formula is C27H63O3PSi3. The normalized spacial score (nSPS) is 13.2. The van der Waals surface area contributed by atoms with Gasteiger partial charge in [0.1, 0.15) is 0 Å². The maximum Gasteiger partial charge on any atom is 0.300 e. The summed E-state index contributed by atoms with van der Waals surface area (Å²) in [6, 6.07) is 11.3. The fourth-order valence-corrected chi connectivity index (χ4v) is 25.2. The van der Waals surface area contributed by atoms with Gasteiger partial charge in [-0.25, -0.2) is 0 Å². The number of hydrogen-bond donors (Lipinski definition) is 0. The van der Waals surface area contributed by atoms with E-state index in [1.807, 2.05) is 0 Å². The Kier molecular flexibility index (Phi) is 20.6.